The lowest BCUT2D eigenvalue weighted by molar-refractivity contribution is 0.125. The zero-order chi connectivity index (χ0) is 8.62. The molecule has 0 atom stereocenters. The van der Waals surface area contributed by atoms with Gasteiger partial charge >= 0.3 is 8.97 Å². The van der Waals surface area contributed by atoms with Crippen molar-refractivity contribution in [3.63, 3.8) is 0 Å². The monoisotopic (exact) mass is 169 g/mol. The van der Waals surface area contributed by atoms with Crippen LogP contribution < -0.4 is 5.40 Å². The number of aliphatic hydroxyl groups is 1. The van der Waals surface area contributed by atoms with E-state index in [1.54, 1.807) is 0 Å². The Balaban J connectivity index is 0. The molecule has 0 unspecified atom stereocenters. The molecule has 0 bridgehead atoms. The largest absolute Gasteiger partial charge is 0.593 e. The minimum absolute atomic E-state index is 1.00. The highest BCUT2D eigenvalue weighted by Gasteiger charge is 2.32. The third kappa shape index (κ3) is 4.85. The molecule has 0 radical (unpaired) electrons. The number of nitrogens with two attached hydrogens (primary N) is 1. The van der Waals surface area contributed by atoms with E-state index < -0.39 is 8.97 Å². The molecule has 64 valence electrons. The van der Waals surface area contributed by atoms with Crippen LogP contribution in [-0.2, 0) is 13.3 Å². The van der Waals surface area contributed by atoms with Crippen LogP contribution >= 0.6 is 0 Å². The van der Waals surface area contributed by atoms with Crippen LogP contribution in [-0.4, -0.2) is 42.5 Å². The standard InChI is InChI=1S/C3H11NO3Si.CH4O/c1-5-8(4,6-2)7-3;1-2/h4H2,1-3H3;2H,1H3. The van der Waals surface area contributed by atoms with Gasteiger partial charge in [-0.15, -0.1) is 0 Å². The third-order valence-corrected chi connectivity index (χ3v) is 2.56. The molecule has 0 heterocycles. The van der Waals surface area contributed by atoms with Crippen LogP contribution in [0.3, 0.4) is 0 Å². The molecule has 0 saturated carbocycles. The predicted molar refractivity (Wildman–Crippen MR) is 39.1 cm³/mol. The van der Waals surface area contributed by atoms with Crippen molar-refractivity contribution in [2.24, 2.45) is 5.40 Å². The predicted octanol–water partition coefficient (Wildman–Crippen LogP) is -1.07. The molecule has 0 aliphatic heterocycles. The molecule has 0 aromatic rings. The summed E-state index contributed by atoms with van der Waals surface area (Å²) in [7, 11) is 2.70. The first-order chi connectivity index (χ1) is 4.68. The van der Waals surface area contributed by atoms with Crippen molar-refractivity contribution < 1.29 is 18.4 Å². The van der Waals surface area contributed by atoms with Gasteiger partial charge in [-0.1, -0.05) is 0 Å². The minimum Gasteiger partial charge on any atom is -0.400 e. The van der Waals surface area contributed by atoms with Gasteiger partial charge in [0.15, 0.2) is 0 Å². The summed E-state index contributed by atoms with van der Waals surface area (Å²) < 4.78 is 14.1. The quantitative estimate of drug-likeness (QED) is 0.526. The van der Waals surface area contributed by atoms with Crippen molar-refractivity contribution >= 4 is 8.97 Å². The van der Waals surface area contributed by atoms with Gasteiger partial charge in [-0.2, -0.15) is 0 Å². The topological polar surface area (TPSA) is 73.9 Å². The highest BCUT2D eigenvalue weighted by Crippen LogP contribution is 1.93. The number of hydrogen-bond donors (Lipinski definition) is 2. The first kappa shape index (κ1) is 12.7. The van der Waals surface area contributed by atoms with Gasteiger partial charge in [0.2, 0.25) is 0 Å². The van der Waals surface area contributed by atoms with Crippen molar-refractivity contribution in [2.75, 3.05) is 28.4 Å². The molecule has 5 nitrogen and oxygen atoms in total. The fourth-order valence-electron chi connectivity index (χ4n) is 0.250. The summed E-state index contributed by atoms with van der Waals surface area (Å²) >= 11 is 0. The van der Waals surface area contributed by atoms with Gasteiger partial charge in [0.1, 0.15) is 0 Å². The van der Waals surface area contributed by atoms with E-state index in [0.29, 0.717) is 0 Å². The maximum atomic E-state index is 7.00. The fourth-order valence-corrected chi connectivity index (χ4v) is 0.750. The molecular weight excluding hydrogens is 154 g/mol. The molecule has 0 aliphatic rings. The van der Waals surface area contributed by atoms with Gasteiger partial charge in [0.05, 0.1) is 0 Å². The van der Waals surface area contributed by atoms with Crippen LogP contribution in [0, 0.1) is 0 Å². The molecule has 0 rings (SSSR count). The Morgan fingerprint density at radius 1 is 1.00 bits per heavy atom. The lowest BCUT2D eigenvalue weighted by atomic mass is 11.8. The van der Waals surface area contributed by atoms with E-state index in [0.717, 1.165) is 7.11 Å². The van der Waals surface area contributed by atoms with Crippen LogP contribution in [0.1, 0.15) is 0 Å². The maximum Gasteiger partial charge on any atom is 0.593 e. The van der Waals surface area contributed by atoms with Gasteiger partial charge in [0.25, 0.3) is 0 Å². The maximum absolute atomic E-state index is 7.00. The molecule has 6 heteroatoms. The van der Waals surface area contributed by atoms with Gasteiger partial charge in [-0.25, -0.2) is 0 Å². The summed E-state index contributed by atoms with van der Waals surface area (Å²) in [5.74, 6) is 0. The number of rotatable bonds is 3. The van der Waals surface area contributed by atoms with Crippen molar-refractivity contribution in [3.8, 4) is 0 Å². The van der Waals surface area contributed by atoms with Crippen molar-refractivity contribution in [1.82, 2.24) is 0 Å². The second-order valence-corrected chi connectivity index (χ2v) is 3.65. The summed E-state index contributed by atoms with van der Waals surface area (Å²) in [4.78, 5) is 0. The second kappa shape index (κ2) is 7.13. The number of hydrogen-bond acceptors (Lipinski definition) is 5. The molecule has 0 aliphatic carbocycles. The summed E-state index contributed by atoms with van der Waals surface area (Å²) in [6.45, 7) is 0. The summed E-state index contributed by atoms with van der Waals surface area (Å²) in [6, 6.07) is 0. The Hall–Kier alpha value is 0.0169. The van der Waals surface area contributed by atoms with Crippen molar-refractivity contribution in [2.45, 2.75) is 0 Å². The van der Waals surface area contributed by atoms with Crippen LogP contribution in [0.25, 0.3) is 0 Å². The molecule has 0 saturated heterocycles. The fraction of sp³-hybridized carbons (Fsp3) is 1.00. The van der Waals surface area contributed by atoms with Crippen LogP contribution in [0.2, 0.25) is 0 Å². The van der Waals surface area contributed by atoms with E-state index >= 15 is 0 Å². The normalized spacial score (nSPS) is 10.2. The van der Waals surface area contributed by atoms with E-state index in [1.807, 2.05) is 0 Å². The van der Waals surface area contributed by atoms with E-state index in [2.05, 4.69) is 0 Å². The molecule has 0 spiro atoms. The van der Waals surface area contributed by atoms with Crippen molar-refractivity contribution in [3.05, 3.63) is 0 Å². The average molecular weight is 169 g/mol. The Morgan fingerprint density at radius 3 is 1.20 bits per heavy atom. The van der Waals surface area contributed by atoms with Gasteiger partial charge in [0, 0.05) is 28.4 Å². The van der Waals surface area contributed by atoms with Crippen molar-refractivity contribution in [1.29, 1.82) is 0 Å². The Bertz CT molecular complexity index is 60.0. The van der Waals surface area contributed by atoms with E-state index in [-0.39, 0.29) is 0 Å². The highest BCUT2D eigenvalue weighted by molar-refractivity contribution is 6.56. The van der Waals surface area contributed by atoms with E-state index in [1.165, 1.54) is 21.3 Å². The Kier molecular flexibility index (Phi) is 9.03. The lowest BCUT2D eigenvalue weighted by Gasteiger charge is -2.17. The Labute approximate surface area is 62.1 Å². The smallest absolute Gasteiger partial charge is 0.400 e. The zero-order valence-electron chi connectivity index (χ0n) is 6.75. The second-order valence-electron chi connectivity index (χ2n) is 1.22. The van der Waals surface area contributed by atoms with Gasteiger partial charge < -0.3 is 18.4 Å². The SMILES string of the molecule is CO.CO[Si](N)(OC)OC. The minimum atomic E-state index is -2.67. The average Bonchev–Trinajstić information content (AvgIpc) is 2.07. The van der Waals surface area contributed by atoms with Gasteiger partial charge in [-0.05, 0) is 0 Å². The Morgan fingerprint density at radius 2 is 1.20 bits per heavy atom. The highest BCUT2D eigenvalue weighted by atomic mass is 28.4. The lowest BCUT2D eigenvalue weighted by Crippen LogP contribution is -2.52. The van der Waals surface area contributed by atoms with Crippen LogP contribution in [0.5, 0.6) is 0 Å². The molecule has 3 N–H and O–H groups in total. The molecule has 0 amide bonds. The zero-order valence-corrected chi connectivity index (χ0v) is 7.75. The summed E-state index contributed by atoms with van der Waals surface area (Å²) in [5, 5.41) is 12.4. The van der Waals surface area contributed by atoms with Crippen LogP contribution in [0.4, 0.5) is 0 Å². The third-order valence-electron chi connectivity index (χ3n) is 0.854. The molecule has 0 aromatic heterocycles. The molecule has 0 aromatic carbocycles. The van der Waals surface area contributed by atoms with Gasteiger partial charge in [-0.3, -0.25) is 5.40 Å². The first-order valence-electron chi connectivity index (χ1n) is 2.57. The molecule has 10 heavy (non-hydrogen) atoms. The number of aliphatic hydroxyl groups excluding tert-OH is 1. The first-order valence-corrected chi connectivity index (χ1v) is 4.38. The molecular formula is C4H15NO4Si. The molecule has 0 fully saturated rings. The summed E-state index contributed by atoms with van der Waals surface area (Å²) in [6.07, 6.45) is 0. The van der Waals surface area contributed by atoms with Crippen LogP contribution in [0.15, 0.2) is 0 Å². The van der Waals surface area contributed by atoms with E-state index in [4.69, 9.17) is 23.8 Å². The van der Waals surface area contributed by atoms with E-state index in [9.17, 15) is 0 Å². The summed E-state index contributed by atoms with van der Waals surface area (Å²) in [5.41, 5.74) is 0.